The minimum Gasteiger partial charge on any atom is -0.392 e. The van der Waals surface area contributed by atoms with Gasteiger partial charge in [-0.1, -0.05) is 31.5 Å². The lowest BCUT2D eigenvalue weighted by molar-refractivity contribution is -0.130. The van der Waals surface area contributed by atoms with Gasteiger partial charge >= 0.3 is 0 Å². The second-order valence-corrected chi connectivity index (χ2v) is 6.41. The third kappa shape index (κ3) is 3.08. The van der Waals surface area contributed by atoms with E-state index in [2.05, 4.69) is 17.3 Å². The molecular weight excluding hydrogens is 258 g/mol. The molecule has 2 aliphatic rings. The summed E-state index contributed by atoms with van der Waals surface area (Å²) in [5, 5.41) is 3.01. The minimum atomic E-state index is -0.540. The largest absolute Gasteiger partial charge is 0.392 e. The van der Waals surface area contributed by atoms with Gasteiger partial charge in [-0.15, -0.1) is 0 Å². The molecule has 0 aromatic heterocycles. The number of carbonyl (C=O) groups excluding carboxylic acids is 1. The molecule has 0 unspecified atom stereocenters. The zero-order chi connectivity index (χ0) is 13.9. The minimum absolute atomic E-state index is 0.0334. The number of amides is 1. The van der Waals surface area contributed by atoms with Gasteiger partial charge in [0, 0.05) is 19.1 Å². The van der Waals surface area contributed by atoms with Gasteiger partial charge in [-0.25, -0.2) is 0 Å². The van der Waals surface area contributed by atoms with E-state index in [0.29, 0.717) is 17.6 Å². The summed E-state index contributed by atoms with van der Waals surface area (Å²) in [6, 6.07) is 0.699. The molecule has 5 heteroatoms. The Hall–Kier alpha value is -0.680. The Morgan fingerprint density at radius 3 is 2.47 bits per heavy atom. The van der Waals surface area contributed by atoms with Gasteiger partial charge in [-0.05, 0) is 32.7 Å². The maximum absolute atomic E-state index is 12.2. The maximum atomic E-state index is 12.2. The number of nitrogens with one attached hydrogen (secondary N) is 1. The molecule has 19 heavy (non-hydrogen) atoms. The van der Waals surface area contributed by atoms with Crippen molar-refractivity contribution in [3.8, 4) is 0 Å². The molecule has 2 fully saturated rings. The zero-order valence-electron chi connectivity index (χ0n) is 11.8. The Balaban J connectivity index is 1.73. The van der Waals surface area contributed by atoms with Gasteiger partial charge in [0.1, 0.15) is 0 Å². The fourth-order valence-electron chi connectivity index (χ4n) is 3.16. The van der Waals surface area contributed by atoms with Crippen LogP contribution >= 0.6 is 12.2 Å². The van der Waals surface area contributed by atoms with E-state index in [4.69, 9.17) is 18.0 Å². The van der Waals surface area contributed by atoms with Crippen LogP contribution in [0.15, 0.2) is 0 Å². The van der Waals surface area contributed by atoms with Gasteiger partial charge in [0.15, 0.2) is 0 Å². The van der Waals surface area contributed by atoms with Crippen LogP contribution in [-0.4, -0.2) is 42.0 Å². The van der Waals surface area contributed by atoms with Crippen molar-refractivity contribution >= 4 is 23.1 Å². The predicted molar refractivity (Wildman–Crippen MR) is 81.0 cm³/mol. The number of thiocarbonyl (C=S) groups is 1. The highest BCUT2D eigenvalue weighted by molar-refractivity contribution is 7.80. The summed E-state index contributed by atoms with van der Waals surface area (Å²) in [7, 11) is 2.15. The molecule has 2 rings (SSSR count). The molecule has 0 spiro atoms. The average Bonchev–Trinajstić information content (AvgIpc) is 2.79. The Kier molecular flexibility index (Phi) is 4.79. The van der Waals surface area contributed by atoms with E-state index in [0.717, 1.165) is 25.8 Å². The van der Waals surface area contributed by atoms with Crippen LogP contribution in [-0.2, 0) is 4.79 Å². The van der Waals surface area contributed by atoms with Gasteiger partial charge in [0.05, 0.1) is 10.4 Å². The van der Waals surface area contributed by atoms with Gasteiger partial charge in [0.2, 0.25) is 5.91 Å². The number of hydrogen-bond donors (Lipinski definition) is 2. The SMILES string of the molecule is CN(CCNC(=O)C1(C(N)=S)CCC1)C1CCCC1. The van der Waals surface area contributed by atoms with E-state index in [1.165, 1.54) is 25.7 Å². The van der Waals surface area contributed by atoms with Crippen molar-refractivity contribution in [3.63, 3.8) is 0 Å². The van der Waals surface area contributed by atoms with Gasteiger partial charge in [0.25, 0.3) is 0 Å². The molecule has 1 amide bonds. The van der Waals surface area contributed by atoms with Crippen LogP contribution in [0.5, 0.6) is 0 Å². The van der Waals surface area contributed by atoms with E-state index < -0.39 is 5.41 Å². The smallest absolute Gasteiger partial charge is 0.233 e. The van der Waals surface area contributed by atoms with Crippen molar-refractivity contribution in [3.05, 3.63) is 0 Å². The monoisotopic (exact) mass is 283 g/mol. The third-order valence-electron chi connectivity index (χ3n) is 4.81. The van der Waals surface area contributed by atoms with E-state index in [1.54, 1.807) is 0 Å². The standard InChI is InChI=1S/C14H25N3OS/c1-17(11-5-2-3-6-11)10-9-16-13(18)14(12(15)19)7-4-8-14/h11H,2-10H2,1H3,(H2,15,19)(H,16,18). The van der Waals surface area contributed by atoms with Crippen LogP contribution in [0, 0.1) is 5.41 Å². The number of rotatable bonds is 6. The van der Waals surface area contributed by atoms with E-state index in [1.807, 2.05) is 0 Å². The number of carbonyl (C=O) groups is 1. The van der Waals surface area contributed by atoms with Crippen molar-refractivity contribution in [2.24, 2.45) is 11.1 Å². The number of nitrogens with two attached hydrogens (primary N) is 1. The first-order chi connectivity index (χ1) is 9.06. The van der Waals surface area contributed by atoms with Crippen molar-refractivity contribution in [1.82, 2.24) is 10.2 Å². The zero-order valence-corrected chi connectivity index (χ0v) is 12.6. The van der Waals surface area contributed by atoms with Crippen molar-refractivity contribution < 1.29 is 4.79 Å². The molecule has 0 saturated heterocycles. The van der Waals surface area contributed by atoms with Crippen molar-refractivity contribution in [2.45, 2.75) is 51.0 Å². The second kappa shape index (κ2) is 6.18. The Morgan fingerprint density at radius 2 is 2.00 bits per heavy atom. The van der Waals surface area contributed by atoms with Crippen molar-refractivity contribution in [2.75, 3.05) is 20.1 Å². The van der Waals surface area contributed by atoms with Gasteiger partial charge in [-0.2, -0.15) is 0 Å². The molecule has 0 radical (unpaired) electrons. The van der Waals surface area contributed by atoms with E-state index >= 15 is 0 Å². The lowest BCUT2D eigenvalue weighted by atomic mass is 9.68. The third-order valence-corrected chi connectivity index (χ3v) is 5.20. The van der Waals surface area contributed by atoms with Crippen LogP contribution < -0.4 is 11.1 Å². The second-order valence-electron chi connectivity index (χ2n) is 5.97. The molecule has 0 atom stereocenters. The van der Waals surface area contributed by atoms with Crippen LogP contribution in [0.3, 0.4) is 0 Å². The highest BCUT2D eigenvalue weighted by atomic mass is 32.1. The Bertz CT molecular complexity index is 349. The molecule has 0 bridgehead atoms. The first-order valence-electron chi connectivity index (χ1n) is 7.35. The Morgan fingerprint density at radius 1 is 1.37 bits per heavy atom. The first kappa shape index (κ1) is 14.7. The Labute approximate surface area is 121 Å². The topological polar surface area (TPSA) is 58.4 Å². The molecule has 2 saturated carbocycles. The maximum Gasteiger partial charge on any atom is 0.233 e. The highest BCUT2D eigenvalue weighted by Crippen LogP contribution is 2.41. The molecule has 2 aliphatic carbocycles. The molecule has 4 nitrogen and oxygen atoms in total. The van der Waals surface area contributed by atoms with Crippen LogP contribution in [0.4, 0.5) is 0 Å². The summed E-state index contributed by atoms with van der Waals surface area (Å²) >= 11 is 5.05. The van der Waals surface area contributed by atoms with Gasteiger partial charge in [-0.3, -0.25) is 4.79 Å². The molecular formula is C14H25N3OS. The molecule has 0 aromatic rings. The number of hydrogen-bond acceptors (Lipinski definition) is 3. The van der Waals surface area contributed by atoms with Crippen LogP contribution in [0.1, 0.15) is 44.9 Å². The first-order valence-corrected chi connectivity index (χ1v) is 7.75. The van der Waals surface area contributed by atoms with E-state index in [9.17, 15) is 4.79 Å². The summed E-state index contributed by atoms with van der Waals surface area (Å²) in [6.07, 6.45) is 7.94. The lowest BCUT2D eigenvalue weighted by Gasteiger charge is -2.39. The number of likely N-dealkylation sites (N-methyl/N-ethyl adjacent to an activating group) is 1. The summed E-state index contributed by atoms with van der Waals surface area (Å²) in [5.41, 5.74) is 5.18. The lowest BCUT2D eigenvalue weighted by Crippen LogP contribution is -2.54. The molecule has 0 aliphatic heterocycles. The molecule has 0 heterocycles. The number of nitrogens with zero attached hydrogens (tertiary/aromatic N) is 1. The predicted octanol–water partition coefficient (Wildman–Crippen LogP) is 1.43. The van der Waals surface area contributed by atoms with Gasteiger partial charge < -0.3 is 16.0 Å². The average molecular weight is 283 g/mol. The highest BCUT2D eigenvalue weighted by Gasteiger charge is 2.46. The van der Waals surface area contributed by atoms with Crippen molar-refractivity contribution in [1.29, 1.82) is 0 Å². The normalized spacial score (nSPS) is 22.2. The molecule has 3 N–H and O–H groups in total. The quantitative estimate of drug-likeness (QED) is 0.724. The summed E-state index contributed by atoms with van der Waals surface area (Å²) in [5.74, 6) is 0.0334. The molecule has 0 aromatic carbocycles. The summed E-state index contributed by atoms with van der Waals surface area (Å²) < 4.78 is 0. The molecule has 108 valence electrons. The summed E-state index contributed by atoms with van der Waals surface area (Å²) in [6.45, 7) is 1.60. The fourth-order valence-corrected chi connectivity index (χ4v) is 3.46. The van der Waals surface area contributed by atoms with Crippen LogP contribution in [0.2, 0.25) is 0 Å². The van der Waals surface area contributed by atoms with Crippen LogP contribution in [0.25, 0.3) is 0 Å². The van der Waals surface area contributed by atoms with E-state index in [-0.39, 0.29) is 5.91 Å². The summed E-state index contributed by atoms with van der Waals surface area (Å²) in [4.78, 5) is 14.9. The fraction of sp³-hybridized carbons (Fsp3) is 0.857.